The van der Waals surface area contributed by atoms with Crippen LogP contribution >= 0.6 is 23.6 Å². The first-order valence-electron chi connectivity index (χ1n) is 4.66. The van der Waals surface area contributed by atoms with E-state index >= 15 is 0 Å². The van der Waals surface area contributed by atoms with E-state index in [2.05, 4.69) is 4.98 Å². The van der Waals surface area contributed by atoms with E-state index in [-0.39, 0.29) is 0 Å². The number of ether oxygens (including phenoxy) is 1. The first kappa shape index (κ1) is 11.0. The Balaban J connectivity index is 1.98. The number of benzene rings is 1. The van der Waals surface area contributed by atoms with E-state index in [9.17, 15) is 0 Å². The molecule has 82 valence electrons. The van der Waals surface area contributed by atoms with Crippen molar-refractivity contribution in [1.82, 2.24) is 4.98 Å². The zero-order valence-corrected chi connectivity index (χ0v) is 10.1. The van der Waals surface area contributed by atoms with E-state index in [4.69, 9.17) is 22.7 Å². The number of rotatable bonds is 4. The van der Waals surface area contributed by atoms with Crippen LogP contribution in [0, 0.1) is 0 Å². The molecule has 1 aromatic carbocycles. The molecule has 0 aliphatic rings. The van der Waals surface area contributed by atoms with Crippen LogP contribution in [-0.4, -0.2) is 9.97 Å². The van der Waals surface area contributed by atoms with Crippen LogP contribution in [0.5, 0.6) is 5.75 Å². The maximum absolute atomic E-state index is 5.57. The Morgan fingerprint density at radius 2 is 2.12 bits per heavy atom. The van der Waals surface area contributed by atoms with E-state index in [1.54, 1.807) is 23.0 Å². The van der Waals surface area contributed by atoms with Crippen molar-refractivity contribution in [3.8, 4) is 5.75 Å². The van der Waals surface area contributed by atoms with E-state index < -0.39 is 0 Å². The zero-order valence-electron chi connectivity index (χ0n) is 8.42. The lowest BCUT2D eigenvalue weighted by Crippen LogP contribution is -2.08. The third kappa shape index (κ3) is 2.77. The number of hydrogen-bond acceptors (Lipinski definition) is 4. The van der Waals surface area contributed by atoms with Gasteiger partial charge >= 0.3 is 0 Å². The highest BCUT2D eigenvalue weighted by atomic mass is 32.1. The predicted octanol–water partition coefficient (Wildman–Crippen LogP) is 2.36. The summed E-state index contributed by atoms with van der Waals surface area (Å²) in [4.78, 5) is 5.47. The topological polar surface area (TPSA) is 48.1 Å². The lowest BCUT2D eigenvalue weighted by Gasteiger charge is -2.05. The van der Waals surface area contributed by atoms with Gasteiger partial charge in [0.1, 0.15) is 17.3 Å². The van der Waals surface area contributed by atoms with Gasteiger partial charge in [-0.05, 0) is 24.3 Å². The van der Waals surface area contributed by atoms with Gasteiger partial charge in [-0.1, -0.05) is 12.2 Å². The second-order valence-corrected chi connectivity index (χ2v) is 4.56. The molecule has 3 nitrogen and oxygen atoms in total. The van der Waals surface area contributed by atoms with Gasteiger partial charge in [-0.3, -0.25) is 4.98 Å². The van der Waals surface area contributed by atoms with Gasteiger partial charge < -0.3 is 10.5 Å². The SMILES string of the molecule is NC(=S)c1ccc(OCc2cncs2)cc1. The summed E-state index contributed by atoms with van der Waals surface area (Å²) in [5, 5.41) is 0. The second kappa shape index (κ2) is 5.05. The Morgan fingerprint density at radius 3 is 2.69 bits per heavy atom. The second-order valence-electron chi connectivity index (χ2n) is 3.15. The molecule has 0 unspecified atom stereocenters. The van der Waals surface area contributed by atoms with Crippen LogP contribution in [0.3, 0.4) is 0 Å². The predicted molar refractivity (Wildman–Crippen MR) is 68.8 cm³/mol. The molecule has 2 aromatic rings. The highest BCUT2D eigenvalue weighted by Gasteiger charge is 1.99. The third-order valence-corrected chi connectivity index (χ3v) is 2.99. The Labute approximate surface area is 103 Å². The quantitative estimate of drug-likeness (QED) is 0.846. The van der Waals surface area contributed by atoms with Gasteiger partial charge in [-0.25, -0.2) is 0 Å². The molecule has 1 aromatic heterocycles. The Hall–Kier alpha value is -1.46. The van der Waals surface area contributed by atoms with Gasteiger partial charge in [-0.15, -0.1) is 11.3 Å². The smallest absolute Gasteiger partial charge is 0.124 e. The number of hydrogen-bond donors (Lipinski definition) is 1. The Bertz CT molecular complexity index is 465. The molecule has 0 atom stereocenters. The van der Waals surface area contributed by atoms with Crippen molar-refractivity contribution in [2.24, 2.45) is 5.73 Å². The van der Waals surface area contributed by atoms with Crippen LogP contribution in [0.25, 0.3) is 0 Å². The Morgan fingerprint density at radius 1 is 1.38 bits per heavy atom. The lowest BCUT2D eigenvalue weighted by atomic mass is 10.2. The van der Waals surface area contributed by atoms with Crippen molar-refractivity contribution in [3.05, 3.63) is 46.4 Å². The maximum atomic E-state index is 5.57. The third-order valence-electron chi connectivity index (χ3n) is 2.00. The molecule has 0 spiro atoms. The lowest BCUT2D eigenvalue weighted by molar-refractivity contribution is 0.309. The Kier molecular flexibility index (Phi) is 3.48. The van der Waals surface area contributed by atoms with Gasteiger partial charge in [0.05, 0.1) is 10.4 Å². The first-order chi connectivity index (χ1) is 7.75. The van der Waals surface area contributed by atoms with Crippen LogP contribution in [0.4, 0.5) is 0 Å². The zero-order chi connectivity index (χ0) is 11.4. The van der Waals surface area contributed by atoms with Crippen molar-refractivity contribution in [3.63, 3.8) is 0 Å². The van der Waals surface area contributed by atoms with Gasteiger partial charge in [-0.2, -0.15) is 0 Å². The van der Waals surface area contributed by atoms with Crippen molar-refractivity contribution < 1.29 is 4.74 Å². The number of thiazole rings is 1. The minimum absolute atomic E-state index is 0.397. The summed E-state index contributed by atoms with van der Waals surface area (Å²) in [7, 11) is 0. The standard InChI is InChI=1S/C11H10N2OS2/c12-11(15)8-1-3-9(4-2-8)14-6-10-5-13-7-16-10/h1-5,7H,6H2,(H2,12,15). The molecular weight excluding hydrogens is 240 g/mol. The van der Waals surface area contributed by atoms with E-state index in [0.29, 0.717) is 11.6 Å². The molecule has 0 amide bonds. The number of nitrogens with two attached hydrogens (primary N) is 1. The summed E-state index contributed by atoms with van der Waals surface area (Å²) in [6.45, 7) is 0.539. The minimum atomic E-state index is 0.397. The van der Waals surface area contributed by atoms with Crippen LogP contribution in [0.15, 0.2) is 36.0 Å². The highest BCUT2D eigenvalue weighted by Crippen LogP contribution is 2.15. The van der Waals surface area contributed by atoms with Crippen molar-refractivity contribution in [2.75, 3.05) is 0 Å². The van der Waals surface area contributed by atoms with Crippen LogP contribution < -0.4 is 10.5 Å². The van der Waals surface area contributed by atoms with Crippen molar-refractivity contribution in [2.45, 2.75) is 6.61 Å². The van der Waals surface area contributed by atoms with Gasteiger partial charge in [0, 0.05) is 11.8 Å². The summed E-state index contributed by atoms with van der Waals surface area (Å²) >= 11 is 6.44. The summed E-state index contributed by atoms with van der Waals surface area (Å²) < 4.78 is 5.57. The largest absolute Gasteiger partial charge is 0.488 e. The van der Waals surface area contributed by atoms with Crippen LogP contribution in [0.1, 0.15) is 10.4 Å². The fraction of sp³-hybridized carbons (Fsp3) is 0.0909. The van der Waals surface area contributed by atoms with Crippen molar-refractivity contribution in [1.29, 1.82) is 0 Å². The average Bonchev–Trinajstić information content (AvgIpc) is 2.80. The molecular formula is C11H10N2OS2. The molecule has 2 rings (SSSR count). The van der Waals surface area contributed by atoms with Gasteiger partial charge in [0.25, 0.3) is 0 Å². The van der Waals surface area contributed by atoms with E-state index in [1.807, 2.05) is 24.3 Å². The summed E-state index contributed by atoms with van der Waals surface area (Å²) in [5.41, 5.74) is 8.13. The summed E-state index contributed by atoms with van der Waals surface area (Å²) in [5.74, 6) is 0.799. The summed E-state index contributed by atoms with van der Waals surface area (Å²) in [6, 6.07) is 7.42. The monoisotopic (exact) mass is 250 g/mol. The number of thiocarbonyl (C=S) groups is 1. The maximum Gasteiger partial charge on any atom is 0.124 e. The van der Waals surface area contributed by atoms with Crippen molar-refractivity contribution >= 4 is 28.5 Å². The van der Waals surface area contributed by atoms with Crippen LogP contribution in [0.2, 0.25) is 0 Å². The fourth-order valence-electron chi connectivity index (χ4n) is 1.18. The molecule has 16 heavy (non-hydrogen) atoms. The molecule has 0 saturated heterocycles. The molecule has 5 heteroatoms. The van der Waals surface area contributed by atoms with Gasteiger partial charge in [0.15, 0.2) is 0 Å². The molecule has 0 aliphatic carbocycles. The normalized spacial score (nSPS) is 10.0. The average molecular weight is 250 g/mol. The van der Waals surface area contributed by atoms with Crippen LogP contribution in [-0.2, 0) is 6.61 Å². The molecule has 0 bridgehead atoms. The minimum Gasteiger partial charge on any atom is -0.488 e. The molecule has 0 radical (unpaired) electrons. The number of nitrogens with zero attached hydrogens (tertiary/aromatic N) is 1. The molecule has 0 saturated carbocycles. The molecule has 0 fully saturated rings. The first-order valence-corrected chi connectivity index (χ1v) is 5.94. The van der Waals surface area contributed by atoms with E-state index in [0.717, 1.165) is 16.2 Å². The highest BCUT2D eigenvalue weighted by molar-refractivity contribution is 7.80. The fourth-order valence-corrected chi connectivity index (χ4v) is 1.83. The van der Waals surface area contributed by atoms with Gasteiger partial charge in [0.2, 0.25) is 0 Å². The number of aromatic nitrogens is 1. The van der Waals surface area contributed by atoms with E-state index in [1.165, 1.54) is 0 Å². The molecule has 0 aliphatic heterocycles. The molecule has 2 N–H and O–H groups in total. The molecule has 1 heterocycles. The summed E-state index contributed by atoms with van der Waals surface area (Å²) in [6.07, 6.45) is 1.80.